The van der Waals surface area contributed by atoms with Crippen molar-refractivity contribution in [3.63, 3.8) is 0 Å². The van der Waals surface area contributed by atoms with Gasteiger partial charge in [0, 0.05) is 5.56 Å². The van der Waals surface area contributed by atoms with E-state index in [1.165, 1.54) is 6.21 Å². The topological polar surface area (TPSA) is 89.0 Å². The lowest BCUT2D eigenvalue weighted by atomic mass is 10.2. The van der Waals surface area contributed by atoms with E-state index in [0.717, 1.165) is 29.9 Å². The molecule has 0 radical (unpaired) electrons. The zero-order chi connectivity index (χ0) is 20.2. The first-order valence-electron chi connectivity index (χ1n) is 9.09. The van der Waals surface area contributed by atoms with Crippen molar-refractivity contribution in [1.29, 1.82) is 0 Å². The number of ether oxygens (including phenoxy) is 2. The molecule has 7 nitrogen and oxygen atoms in total. The predicted octanol–water partition coefficient (Wildman–Crippen LogP) is 2.75. The summed E-state index contributed by atoms with van der Waals surface area (Å²) >= 11 is 0. The van der Waals surface area contributed by atoms with Crippen LogP contribution >= 0.6 is 0 Å². The second-order valence-corrected chi connectivity index (χ2v) is 5.98. The third-order valence-corrected chi connectivity index (χ3v) is 3.81. The van der Waals surface area contributed by atoms with E-state index in [0.29, 0.717) is 12.2 Å². The highest BCUT2D eigenvalue weighted by molar-refractivity contribution is 5.96. The molecule has 0 aliphatic rings. The Kier molecular flexibility index (Phi) is 8.52. The van der Waals surface area contributed by atoms with Gasteiger partial charge in [-0.1, -0.05) is 13.3 Å². The Morgan fingerprint density at radius 2 is 1.71 bits per heavy atom. The molecule has 0 bridgehead atoms. The van der Waals surface area contributed by atoms with Gasteiger partial charge < -0.3 is 14.8 Å². The Balaban J connectivity index is 1.73. The van der Waals surface area contributed by atoms with Gasteiger partial charge in [-0.25, -0.2) is 5.43 Å². The molecular formula is C21H25N3O4. The van der Waals surface area contributed by atoms with Crippen LogP contribution in [0.25, 0.3) is 0 Å². The summed E-state index contributed by atoms with van der Waals surface area (Å²) in [7, 11) is 1.59. The predicted molar refractivity (Wildman–Crippen MR) is 108 cm³/mol. The van der Waals surface area contributed by atoms with Crippen molar-refractivity contribution in [2.45, 2.75) is 19.8 Å². The van der Waals surface area contributed by atoms with Crippen LogP contribution in [-0.4, -0.2) is 38.3 Å². The summed E-state index contributed by atoms with van der Waals surface area (Å²) in [5.41, 5.74) is 3.64. The third-order valence-electron chi connectivity index (χ3n) is 3.81. The molecule has 7 heteroatoms. The number of hydrogen-bond acceptors (Lipinski definition) is 5. The Bertz CT molecular complexity index is 786. The minimum Gasteiger partial charge on any atom is -0.497 e. The van der Waals surface area contributed by atoms with Crippen LogP contribution in [0.3, 0.4) is 0 Å². The largest absolute Gasteiger partial charge is 0.497 e. The second kappa shape index (κ2) is 11.4. The normalized spacial score (nSPS) is 10.5. The molecule has 0 heterocycles. The zero-order valence-corrected chi connectivity index (χ0v) is 16.1. The van der Waals surface area contributed by atoms with Crippen LogP contribution in [-0.2, 0) is 4.79 Å². The van der Waals surface area contributed by atoms with Gasteiger partial charge in [0.1, 0.15) is 11.5 Å². The van der Waals surface area contributed by atoms with Crippen molar-refractivity contribution in [3.05, 3.63) is 59.7 Å². The fraction of sp³-hybridized carbons (Fsp3) is 0.286. The number of amides is 2. The van der Waals surface area contributed by atoms with Crippen LogP contribution in [0.5, 0.6) is 11.5 Å². The number of nitrogens with zero attached hydrogens (tertiary/aromatic N) is 1. The molecule has 2 amide bonds. The molecule has 148 valence electrons. The number of nitrogens with one attached hydrogen (secondary N) is 2. The summed E-state index contributed by atoms with van der Waals surface area (Å²) in [6.45, 7) is 2.57. The summed E-state index contributed by atoms with van der Waals surface area (Å²) in [5.74, 6) is 0.701. The average Bonchev–Trinajstić information content (AvgIpc) is 2.73. The lowest BCUT2D eigenvalue weighted by molar-refractivity contribution is -0.120. The van der Waals surface area contributed by atoms with Crippen LogP contribution in [0.15, 0.2) is 53.6 Å². The van der Waals surface area contributed by atoms with E-state index >= 15 is 0 Å². The van der Waals surface area contributed by atoms with Gasteiger partial charge in [0.25, 0.3) is 11.8 Å². The first-order valence-corrected chi connectivity index (χ1v) is 9.09. The molecule has 28 heavy (non-hydrogen) atoms. The standard InChI is InChI=1S/C21H25N3O4/c1-3-4-13-28-19-11-7-17(8-12-19)21(26)22-15-20(25)24-23-14-16-5-9-18(27-2)10-6-16/h5-12,14H,3-4,13,15H2,1-2H3,(H,22,26)(H,24,25). The van der Waals surface area contributed by atoms with E-state index in [-0.39, 0.29) is 12.5 Å². The SMILES string of the molecule is CCCCOc1ccc(C(=O)NCC(=O)NN=Cc2ccc(OC)cc2)cc1. The maximum Gasteiger partial charge on any atom is 0.259 e. The van der Waals surface area contributed by atoms with Gasteiger partial charge in [-0.2, -0.15) is 5.10 Å². The maximum absolute atomic E-state index is 12.1. The monoisotopic (exact) mass is 383 g/mol. The molecule has 0 unspecified atom stereocenters. The molecule has 0 saturated carbocycles. The van der Waals surface area contributed by atoms with Crippen LogP contribution < -0.4 is 20.2 Å². The van der Waals surface area contributed by atoms with Crippen molar-refractivity contribution in [3.8, 4) is 11.5 Å². The molecule has 2 aromatic carbocycles. The van der Waals surface area contributed by atoms with Gasteiger partial charge in [0.15, 0.2) is 0 Å². The average molecular weight is 383 g/mol. The van der Waals surface area contributed by atoms with Crippen molar-refractivity contribution in [2.75, 3.05) is 20.3 Å². The van der Waals surface area contributed by atoms with Crippen LogP contribution in [0.2, 0.25) is 0 Å². The Hall–Kier alpha value is -3.35. The Morgan fingerprint density at radius 1 is 1.04 bits per heavy atom. The molecule has 2 N–H and O–H groups in total. The van der Waals surface area contributed by atoms with E-state index in [1.807, 2.05) is 12.1 Å². The highest BCUT2D eigenvalue weighted by Gasteiger charge is 2.08. The molecule has 0 spiro atoms. The lowest BCUT2D eigenvalue weighted by Crippen LogP contribution is -2.34. The first-order chi connectivity index (χ1) is 13.6. The van der Waals surface area contributed by atoms with E-state index in [1.54, 1.807) is 43.5 Å². The number of carbonyl (C=O) groups is 2. The summed E-state index contributed by atoms with van der Waals surface area (Å²) in [5, 5.41) is 6.41. The summed E-state index contributed by atoms with van der Waals surface area (Å²) < 4.78 is 10.6. The van der Waals surface area contributed by atoms with Gasteiger partial charge >= 0.3 is 0 Å². The van der Waals surface area contributed by atoms with Crippen LogP contribution in [0.1, 0.15) is 35.7 Å². The molecule has 0 saturated heterocycles. The number of unbranched alkanes of at least 4 members (excludes halogenated alkanes) is 1. The first kappa shape index (κ1) is 21.0. The fourth-order valence-corrected chi connectivity index (χ4v) is 2.21. The Morgan fingerprint density at radius 3 is 2.36 bits per heavy atom. The minimum atomic E-state index is -0.419. The number of hydrazone groups is 1. The second-order valence-electron chi connectivity index (χ2n) is 5.98. The van der Waals surface area contributed by atoms with Crippen LogP contribution in [0.4, 0.5) is 0 Å². The lowest BCUT2D eigenvalue weighted by Gasteiger charge is -2.07. The van der Waals surface area contributed by atoms with Gasteiger partial charge in [-0.05, 0) is 60.5 Å². The van der Waals surface area contributed by atoms with Crippen molar-refractivity contribution < 1.29 is 19.1 Å². The molecule has 0 fully saturated rings. The van der Waals surface area contributed by atoms with Crippen LogP contribution in [0, 0.1) is 0 Å². The molecule has 0 aromatic heterocycles. The van der Waals surface area contributed by atoms with Gasteiger partial charge in [-0.3, -0.25) is 9.59 Å². The quantitative estimate of drug-likeness (QED) is 0.375. The molecule has 0 aliphatic heterocycles. The van der Waals surface area contributed by atoms with E-state index in [2.05, 4.69) is 22.8 Å². The molecule has 0 aliphatic carbocycles. The molecule has 2 aromatic rings. The van der Waals surface area contributed by atoms with E-state index in [9.17, 15) is 9.59 Å². The zero-order valence-electron chi connectivity index (χ0n) is 16.1. The minimum absolute atomic E-state index is 0.173. The van der Waals surface area contributed by atoms with Gasteiger partial charge in [0.05, 0.1) is 26.5 Å². The highest BCUT2D eigenvalue weighted by atomic mass is 16.5. The summed E-state index contributed by atoms with van der Waals surface area (Å²) in [4.78, 5) is 23.9. The summed E-state index contributed by atoms with van der Waals surface area (Å²) in [6.07, 6.45) is 3.56. The smallest absolute Gasteiger partial charge is 0.259 e. The molecule has 2 rings (SSSR count). The molecule has 0 atom stereocenters. The number of hydrogen-bond donors (Lipinski definition) is 2. The van der Waals surface area contributed by atoms with Crippen molar-refractivity contribution in [1.82, 2.24) is 10.7 Å². The van der Waals surface area contributed by atoms with E-state index < -0.39 is 5.91 Å². The molecular weight excluding hydrogens is 358 g/mol. The van der Waals surface area contributed by atoms with E-state index in [4.69, 9.17) is 9.47 Å². The number of rotatable bonds is 10. The summed E-state index contributed by atoms with van der Waals surface area (Å²) in [6, 6.07) is 14.0. The fourth-order valence-electron chi connectivity index (χ4n) is 2.21. The van der Waals surface area contributed by atoms with Crippen molar-refractivity contribution >= 4 is 18.0 Å². The van der Waals surface area contributed by atoms with Crippen molar-refractivity contribution in [2.24, 2.45) is 5.10 Å². The van der Waals surface area contributed by atoms with Gasteiger partial charge in [-0.15, -0.1) is 0 Å². The Labute approximate surface area is 164 Å². The van der Waals surface area contributed by atoms with Gasteiger partial charge in [0.2, 0.25) is 0 Å². The maximum atomic E-state index is 12.1. The third kappa shape index (κ3) is 7.11. The number of benzene rings is 2. The number of carbonyl (C=O) groups excluding carboxylic acids is 2. The highest BCUT2D eigenvalue weighted by Crippen LogP contribution is 2.12. The number of methoxy groups -OCH3 is 1.